The average Bonchev–Trinajstić information content (AvgIpc) is 3.21. The minimum Gasteiger partial charge on any atom is -0.147 e. The van der Waals surface area contributed by atoms with Crippen molar-refractivity contribution in [1.82, 2.24) is 0 Å². The number of allylic oxidation sites excluding steroid dienone is 8. The maximum Gasteiger partial charge on any atom is -0.147 e. The van der Waals surface area contributed by atoms with Gasteiger partial charge in [0.25, 0.3) is 0 Å². The van der Waals surface area contributed by atoms with Crippen molar-refractivity contribution in [2.75, 3.05) is 0 Å². The molecule has 4 heteroatoms. The van der Waals surface area contributed by atoms with E-state index in [9.17, 15) is 0 Å². The van der Waals surface area contributed by atoms with Crippen LogP contribution in [-0.4, -0.2) is 6.94 Å². The second-order valence-corrected chi connectivity index (χ2v) is 57.5. The topological polar surface area (TPSA) is 0 Å². The van der Waals surface area contributed by atoms with E-state index in [1.165, 1.54) is 51.4 Å². The zero-order valence-corrected chi connectivity index (χ0v) is 28.6. The first-order valence-corrected chi connectivity index (χ1v) is 32.3. The fourth-order valence-electron chi connectivity index (χ4n) is 7.44. The van der Waals surface area contributed by atoms with Gasteiger partial charge in [-0.2, -0.15) is 0 Å². The van der Waals surface area contributed by atoms with Crippen molar-refractivity contribution in [3.8, 4) is 0 Å². The predicted octanol–water partition coefficient (Wildman–Crippen LogP) is 9.45. The van der Waals surface area contributed by atoms with Crippen LogP contribution >= 0.6 is 24.8 Å². The van der Waals surface area contributed by atoms with Gasteiger partial charge < -0.3 is 0 Å². The van der Waals surface area contributed by atoms with Crippen molar-refractivity contribution in [2.45, 2.75) is 110 Å². The summed E-state index contributed by atoms with van der Waals surface area (Å²) >= 11 is -3.43. The quantitative estimate of drug-likeness (QED) is 0.259. The fourth-order valence-corrected chi connectivity index (χ4v) is 37.9. The normalized spacial score (nSPS) is 26.7. The Morgan fingerprint density at radius 2 is 0.969 bits per heavy atom. The molecular formula is C28H48Cl2HfSi. The van der Waals surface area contributed by atoms with Crippen LogP contribution in [0.15, 0.2) is 45.6 Å². The Labute approximate surface area is 213 Å². The molecule has 32 heavy (non-hydrogen) atoms. The van der Waals surface area contributed by atoms with Crippen LogP contribution in [0, 0.1) is 10.8 Å². The molecule has 4 aliphatic rings. The Hall–Kier alpha value is 0.627. The van der Waals surface area contributed by atoms with E-state index >= 15 is 0 Å². The molecule has 2 unspecified atom stereocenters. The molecule has 0 amide bonds. The fraction of sp³-hybridized carbons (Fsp3) is 0.714. The summed E-state index contributed by atoms with van der Waals surface area (Å²) in [7, 11) is 0. The van der Waals surface area contributed by atoms with Crippen LogP contribution in [0.5, 0.6) is 0 Å². The summed E-state index contributed by atoms with van der Waals surface area (Å²) in [5.74, 6) is 0. The van der Waals surface area contributed by atoms with E-state index in [0.29, 0.717) is 0 Å². The summed E-state index contributed by atoms with van der Waals surface area (Å²) in [5, 5.41) is 0. The average molecular weight is 662 g/mol. The number of hydrogen-bond donors (Lipinski definition) is 0. The van der Waals surface area contributed by atoms with Gasteiger partial charge in [-0.15, -0.1) is 24.8 Å². The molecule has 0 saturated heterocycles. The zero-order valence-electron chi connectivity index (χ0n) is 22.0. The molecule has 0 aromatic rings. The summed E-state index contributed by atoms with van der Waals surface area (Å²) in [6.07, 6.45) is 16.5. The van der Waals surface area contributed by atoms with E-state index in [2.05, 4.69) is 70.0 Å². The molecule has 0 aliphatic heterocycles. The molecule has 0 aromatic heterocycles. The van der Waals surface area contributed by atoms with Gasteiger partial charge in [0.05, 0.1) is 0 Å². The Bertz CT molecular complexity index is 884. The molecule has 0 bridgehead atoms. The van der Waals surface area contributed by atoms with E-state index in [0.717, 1.165) is 7.35 Å². The van der Waals surface area contributed by atoms with Gasteiger partial charge in [0.15, 0.2) is 0 Å². The van der Waals surface area contributed by atoms with Crippen LogP contribution in [0.25, 0.3) is 0 Å². The maximum absolute atomic E-state index is 3.43. The smallest absolute Gasteiger partial charge is 0.147 e. The van der Waals surface area contributed by atoms with Crippen molar-refractivity contribution in [3.63, 3.8) is 0 Å². The van der Waals surface area contributed by atoms with Gasteiger partial charge >= 0.3 is 190 Å². The molecule has 2 atom stereocenters. The number of halogens is 2. The number of hydrogen-bond acceptors (Lipinski definition) is 0. The first-order chi connectivity index (χ1) is 13.7. The Kier molecular flexibility index (Phi) is 8.34. The van der Waals surface area contributed by atoms with E-state index in [1.54, 1.807) is 11.1 Å². The van der Waals surface area contributed by atoms with Gasteiger partial charge in [0, 0.05) is 0 Å². The van der Waals surface area contributed by atoms with Crippen LogP contribution in [0.1, 0.15) is 92.9 Å². The molecule has 0 aromatic carbocycles. The van der Waals surface area contributed by atoms with Crippen LogP contribution in [0.4, 0.5) is 0 Å². The minimum absolute atomic E-state index is 0. The molecule has 0 heterocycles. The molecule has 4 aliphatic carbocycles. The molecule has 0 nitrogen and oxygen atoms in total. The third-order valence-corrected chi connectivity index (χ3v) is 33.8. The molecule has 0 spiro atoms. The first-order valence-electron chi connectivity index (χ1n) is 12.7. The van der Waals surface area contributed by atoms with Gasteiger partial charge in [0.2, 0.25) is 0 Å². The van der Waals surface area contributed by atoms with E-state index in [-0.39, 0.29) is 35.6 Å². The van der Waals surface area contributed by atoms with Crippen molar-refractivity contribution in [3.05, 3.63) is 45.6 Å². The molecule has 0 N–H and O–H groups in total. The van der Waals surface area contributed by atoms with Gasteiger partial charge in [-0.1, -0.05) is 0 Å². The molecule has 0 saturated carbocycles. The zero-order chi connectivity index (χ0) is 22.1. The first kappa shape index (κ1) is 28.9. The minimum atomic E-state index is -3.43. The molecule has 0 fully saturated rings. The SMILES string of the molecule is CC(C)(C)C1=CC2=C(CCCC2)[CH]1[Hf]([CH3])([CH3])(=[SiH2])[CH]1C(C(C)(C)C)=CC2=C1CCCC2.Cl.Cl. The van der Waals surface area contributed by atoms with Crippen LogP contribution in [0.2, 0.25) is 16.7 Å². The summed E-state index contributed by atoms with van der Waals surface area (Å²) in [6, 6.07) is 0. The predicted molar refractivity (Wildman–Crippen MR) is 148 cm³/mol. The van der Waals surface area contributed by atoms with E-state index in [4.69, 9.17) is 0 Å². The van der Waals surface area contributed by atoms with Crippen LogP contribution in [0.3, 0.4) is 0 Å². The van der Waals surface area contributed by atoms with Gasteiger partial charge in [-0.3, -0.25) is 0 Å². The second-order valence-electron chi connectivity index (χ2n) is 14.0. The summed E-state index contributed by atoms with van der Waals surface area (Å²) < 4.78 is 7.33. The van der Waals surface area contributed by atoms with Crippen molar-refractivity contribution >= 4 is 31.8 Å². The number of rotatable bonds is 2. The van der Waals surface area contributed by atoms with Gasteiger partial charge in [0.1, 0.15) is 0 Å². The third-order valence-electron chi connectivity index (χ3n) is 8.72. The second kappa shape index (κ2) is 9.25. The Morgan fingerprint density at radius 1 is 0.656 bits per heavy atom. The maximum atomic E-state index is 2.87. The monoisotopic (exact) mass is 662 g/mol. The van der Waals surface area contributed by atoms with Crippen LogP contribution in [-0.2, 0) is 17.1 Å². The summed E-state index contributed by atoms with van der Waals surface area (Å²) in [6.45, 7) is 17.5. The Balaban J connectivity index is 0.00000181. The molecule has 4 rings (SSSR count). The molecule has 0 radical (unpaired) electrons. The van der Waals surface area contributed by atoms with Crippen LogP contribution < -0.4 is 0 Å². The van der Waals surface area contributed by atoms with Gasteiger partial charge in [-0.05, 0) is 0 Å². The van der Waals surface area contributed by atoms with E-state index in [1.807, 2.05) is 22.3 Å². The molecular weight excluding hydrogens is 614 g/mol. The van der Waals surface area contributed by atoms with Crippen molar-refractivity contribution in [2.24, 2.45) is 10.8 Å². The third kappa shape index (κ3) is 4.83. The molecule has 182 valence electrons. The van der Waals surface area contributed by atoms with Crippen molar-refractivity contribution < 1.29 is 17.1 Å². The largest absolute Gasteiger partial charge is 0.147 e. The van der Waals surface area contributed by atoms with E-state index < -0.39 is 17.1 Å². The van der Waals surface area contributed by atoms with Crippen molar-refractivity contribution in [1.29, 1.82) is 0 Å². The summed E-state index contributed by atoms with van der Waals surface area (Å²) in [5.41, 5.74) is 11.5. The van der Waals surface area contributed by atoms with Gasteiger partial charge in [-0.25, -0.2) is 0 Å². The summed E-state index contributed by atoms with van der Waals surface area (Å²) in [4.78, 5) is 0. The standard InChI is InChI=1S/2C13H19.2CH3.2ClH.Hf.H2Si/c2*1-13(2,3)12-8-10-6-4-5-7-11(10)9-12;;;;;;/h2*8-9H,4-7H2,1-3H3;2*1H3;2*1H;;1H2. The Morgan fingerprint density at radius 3 is 1.28 bits per heavy atom.